The van der Waals surface area contributed by atoms with Crippen LogP contribution in [0.1, 0.15) is 12.5 Å². The third-order valence-electron chi connectivity index (χ3n) is 3.68. The van der Waals surface area contributed by atoms with Gasteiger partial charge in [0.25, 0.3) is 0 Å². The molecule has 0 spiro atoms. The molecule has 0 aliphatic carbocycles. The van der Waals surface area contributed by atoms with E-state index in [9.17, 15) is 9.59 Å². The summed E-state index contributed by atoms with van der Waals surface area (Å²) in [6.45, 7) is 3.03. The van der Waals surface area contributed by atoms with Crippen molar-refractivity contribution in [1.29, 1.82) is 0 Å². The average molecular weight is 343 g/mol. The fourth-order valence-electron chi connectivity index (χ4n) is 2.47. The first-order valence-corrected chi connectivity index (χ1v) is 7.39. The molecule has 23 heavy (non-hydrogen) atoms. The lowest BCUT2D eigenvalue weighted by atomic mass is 10.0. The maximum Gasteiger partial charge on any atom is 0.328 e. The van der Waals surface area contributed by atoms with Crippen molar-refractivity contribution in [2.45, 2.75) is 31.5 Å². The molecular formula is C16H23ClN2O4. The molecule has 1 heterocycles. The summed E-state index contributed by atoms with van der Waals surface area (Å²) in [7, 11) is 1.32. The van der Waals surface area contributed by atoms with E-state index in [-0.39, 0.29) is 24.4 Å². The molecule has 0 aromatic heterocycles. The van der Waals surface area contributed by atoms with Crippen LogP contribution in [0.4, 0.5) is 0 Å². The van der Waals surface area contributed by atoms with Crippen LogP contribution in [0.25, 0.3) is 0 Å². The molecule has 128 valence electrons. The fraction of sp³-hybridized carbons (Fsp3) is 0.500. The maximum atomic E-state index is 12.4. The minimum Gasteiger partial charge on any atom is -0.467 e. The molecule has 7 heteroatoms. The number of morpholine rings is 1. The highest BCUT2D eigenvalue weighted by atomic mass is 35.5. The van der Waals surface area contributed by atoms with Gasteiger partial charge in [0.05, 0.1) is 19.8 Å². The zero-order chi connectivity index (χ0) is 15.9. The van der Waals surface area contributed by atoms with Crippen molar-refractivity contribution in [3.05, 3.63) is 35.9 Å². The second kappa shape index (κ2) is 9.50. The summed E-state index contributed by atoms with van der Waals surface area (Å²) >= 11 is 0. The molecule has 1 unspecified atom stereocenters. The number of methoxy groups -OCH3 is 1. The molecule has 2 rings (SSSR count). The third kappa shape index (κ3) is 5.49. The Bertz CT molecular complexity index is 512. The Hall–Kier alpha value is -1.63. The van der Waals surface area contributed by atoms with E-state index in [0.29, 0.717) is 19.6 Å². The molecular weight excluding hydrogens is 320 g/mol. The summed E-state index contributed by atoms with van der Waals surface area (Å²) in [5.74, 6) is -0.708. The molecule has 1 fully saturated rings. The monoisotopic (exact) mass is 342 g/mol. The van der Waals surface area contributed by atoms with Crippen LogP contribution in [0.5, 0.6) is 0 Å². The number of halogens is 1. The topological polar surface area (TPSA) is 76.7 Å². The molecule has 1 saturated heterocycles. The molecule has 3 atom stereocenters. The molecule has 1 amide bonds. The highest BCUT2D eigenvalue weighted by molar-refractivity contribution is 5.88. The van der Waals surface area contributed by atoms with E-state index in [4.69, 9.17) is 9.47 Å². The van der Waals surface area contributed by atoms with Gasteiger partial charge in [-0.3, -0.25) is 4.79 Å². The normalized spacial score (nSPS) is 21.7. The highest BCUT2D eigenvalue weighted by Gasteiger charge is 2.31. The van der Waals surface area contributed by atoms with Gasteiger partial charge >= 0.3 is 5.97 Å². The number of rotatable bonds is 5. The lowest BCUT2D eigenvalue weighted by Gasteiger charge is -2.30. The maximum absolute atomic E-state index is 12.4. The van der Waals surface area contributed by atoms with Gasteiger partial charge in [-0.1, -0.05) is 30.3 Å². The van der Waals surface area contributed by atoms with E-state index >= 15 is 0 Å². The van der Waals surface area contributed by atoms with Crippen LogP contribution in [0.2, 0.25) is 0 Å². The van der Waals surface area contributed by atoms with Crippen LogP contribution in [0, 0.1) is 0 Å². The van der Waals surface area contributed by atoms with Crippen molar-refractivity contribution in [1.82, 2.24) is 10.6 Å². The van der Waals surface area contributed by atoms with Gasteiger partial charge in [-0.2, -0.15) is 0 Å². The predicted octanol–water partition coefficient (Wildman–Crippen LogP) is 0.686. The molecule has 1 aromatic rings. The van der Waals surface area contributed by atoms with Gasteiger partial charge in [-0.05, 0) is 12.5 Å². The molecule has 1 aromatic carbocycles. The van der Waals surface area contributed by atoms with Gasteiger partial charge in [0.2, 0.25) is 5.91 Å². The predicted molar refractivity (Wildman–Crippen MR) is 88.5 cm³/mol. The first-order chi connectivity index (χ1) is 10.6. The van der Waals surface area contributed by atoms with Crippen molar-refractivity contribution in [3.63, 3.8) is 0 Å². The number of benzene rings is 1. The number of hydrogen-bond acceptors (Lipinski definition) is 5. The zero-order valence-electron chi connectivity index (χ0n) is 13.3. The van der Waals surface area contributed by atoms with Gasteiger partial charge < -0.3 is 20.1 Å². The summed E-state index contributed by atoms with van der Waals surface area (Å²) in [5, 5.41) is 5.87. The minimum absolute atomic E-state index is 0. The van der Waals surface area contributed by atoms with E-state index in [2.05, 4.69) is 10.6 Å². The smallest absolute Gasteiger partial charge is 0.328 e. The first kappa shape index (κ1) is 19.4. The Labute approximate surface area is 142 Å². The summed E-state index contributed by atoms with van der Waals surface area (Å²) in [5.41, 5.74) is 0.958. The highest BCUT2D eigenvalue weighted by Crippen LogP contribution is 2.08. The minimum atomic E-state index is -0.712. The van der Waals surface area contributed by atoms with E-state index in [1.54, 1.807) is 0 Å². The number of esters is 1. The largest absolute Gasteiger partial charge is 0.467 e. The summed E-state index contributed by atoms with van der Waals surface area (Å²) < 4.78 is 10.3. The second-order valence-electron chi connectivity index (χ2n) is 5.28. The van der Waals surface area contributed by atoms with E-state index in [0.717, 1.165) is 5.56 Å². The number of amides is 1. The van der Waals surface area contributed by atoms with E-state index in [1.807, 2.05) is 37.3 Å². The lowest BCUT2D eigenvalue weighted by Crippen LogP contribution is -2.58. The SMILES string of the molecule is COC(=O)C(Cc1ccccc1)NC(=O)[C@H]1NCCO[C@@H]1C.Cl. The Balaban J connectivity index is 0.00000264. The van der Waals surface area contributed by atoms with Gasteiger partial charge in [-0.15, -0.1) is 12.4 Å². The van der Waals surface area contributed by atoms with Crippen LogP contribution < -0.4 is 10.6 Å². The molecule has 0 bridgehead atoms. The molecule has 0 saturated carbocycles. The molecule has 1 aliphatic rings. The quantitative estimate of drug-likeness (QED) is 0.770. The lowest BCUT2D eigenvalue weighted by molar-refractivity contribution is -0.146. The number of ether oxygens (including phenoxy) is 2. The van der Waals surface area contributed by atoms with Crippen LogP contribution in [0.3, 0.4) is 0 Å². The van der Waals surface area contributed by atoms with Crippen molar-refractivity contribution in [2.24, 2.45) is 0 Å². The van der Waals surface area contributed by atoms with Gasteiger partial charge in [0.15, 0.2) is 0 Å². The van der Waals surface area contributed by atoms with Crippen LogP contribution in [-0.2, 0) is 25.5 Å². The molecule has 1 aliphatic heterocycles. The first-order valence-electron chi connectivity index (χ1n) is 7.39. The number of carbonyl (C=O) groups excluding carboxylic acids is 2. The van der Waals surface area contributed by atoms with Gasteiger partial charge in [0, 0.05) is 13.0 Å². The average Bonchev–Trinajstić information content (AvgIpc) is 2.54. The van der Waals surface area contributed by atoms with Crippen molar-refractivity contribution in [3.8, 4) is 0 Å². The number of carbonyl (C=O) groups is 2. The third-order valence-corrected chi connectivity index (χ3v) is 3.68. The van der Waals surface area contributed by atoms with Gasteiger partial charge in [0.1, 0.15) is 12.1 Å². The Morgan fingerprint density at radius 2 is 2.09 bits per heavy atom. The van der Waals surface area contributed by atoms with Crippen molar-refractivity contribution in [2.75, 3.05) is 20.3 Å². The Morgan fingerprint density at radius 3 is 2.70 bits per heavy atom. The number of nitrogens with one attached hydrogen (secondary N) is 2. The fourth-order valence-corrected chi connectivity index (χ4v) is 2.47. The van der Waals surface area contributed by atoms with Crippen LogP contribution in [-0.4, -0.2) is 50.3 Å². The number of hydrogen-bond donors (Lipinski definition) is 2. The van der Waals surface area contributed by atoms with Crippen molar-refractivity contribution >= 4 is 24.3 Å². The van der Waals surface area contributed by atoms with E-state index < -0.39 is 18.1 Å². The summed E-state index contributed by atoms with van der Waals surface area (Å²) in [6.07, 6.45) is 0.157. The van der Waals surface area contributed by atoms with Crippen LogP contribution in [0.15, 0.2) is 30.3 Å². The molecule has 6 nitrogen and oxygen atoms in total. The summed E-state index contributed by atoms with van der Waals surface area (Å²) in [6, 6.07) is 8.33. The van der Waals surface area contributed by atoms with Crippen LogP contribution >= 0.6 is 12.4 Å². The zero-order valence-corrected chi connectivity index (χ0v) is 14.1. The Kier molecular flexibility index (Phi) is 8.02. The Morgan fingerprint density at radius 1 is 1.39 bits per heavy atom. The standard InChI is InChI=1S/C16H22N2O4.ClH/c1-11-14(17-8-9-22-11)15(19)18-13(16(20)21-2)10-12-6-4-3-5-7-12;/h3-7,11,13-14,17H,8-10H2,1-2H3,(H,18,19);1H/t11-,13?,14+;/m1./s1. The van der Waals surface area contributed by atoms with Crippen molar-refractivity contribution < 1.29 is 19.1 Å². The van der Waals surface area contributed by atoms with Gasteiger partial charge in [-0.25, -0.2) is 4.79 Å². The van der Waals surface area contributed by atoms with E-state index in [1.165, 1.54) is 7.11 Å². The molecule has 2 N–H and O–H groups in total. The summed E-state index contributed by atoms with van der Waals surface area (Å²) in [4.78, 5) is 24.3. The molecule has 0 radical (unpaired) electrons. The second-order valence-corrected chi connectivity index (χ2v) is 5.28.